The molecule has 2 aromatic heterocycles. The van der Waals surface area contributed by atoms with Crippen molar-refractivity contribution in [3.05, 3.63) is 53.7 Å². The molecule has 2 N–H and O–H groups in total. The summed E-state index contributed by atoms with van der Waals surface area (Å²) in [7, 11) is 0. The van der Waals surface area contributed by atoms with E-state index in [9.17, 15) is 18.4 Å². The molecule has 0 saturated carbocycles. The van der Waals surface area contributed by atoms with Crippen molar-refractivity contribution in [2.45, 2.75) is 32.2 Å². The number of aromatic nitrogens is 5. The standard InChI is InChI=1S/C24H24F2N8O2/c1-14(35)33-9-3-6-20(33)24(36)32-10-7-15(8-11-32)16-12-17(22(27)28-13-16)23-29-30-31-34(23)19-5-2-4-18(25)21(19)26/h2,4-5,7,12-13,20H,3,6,8-11H2,1H3,(H2,27,28). The van der Waals surface area contributed by atoms with Gasteiger partial charge in [0.05, 0.1) is 5.56 Å². The molecule has 0 radical (unpaired) electrons. The van der Waals surface area contributed by atoms with Gasteiger partial charge >= 0.3 is 0 Å². The number of amides is 2. The van der Waals surface area contributed by atoms with E-state index in [1.165, 1.54) is 19.1 Å². The second-order valence-electron chi connectivity index (χ2n) is 8.78. The fraction of sp³-hybridized carbons (Fsp3) is 0.333. The lowest BCUT2D eigenvalue weighted by atomic mass is 9.98. The summed E-state index contributed by atoms with van der Waals surface area (Å²) >= 11 is 0. The Hall–Kier alpha value is -4.22. The lowest BCUT2D eigenvalue weighted by molar-refractivity contribution is -0.142. The van der Waals surface area contributed by atoms with Gasteiger partial charge in [-0.1, -0.05) is 12.1 Å². The summed E-state index contributed by atoms with van der Waals surface area (Å²) in [5.74, 6) is -1.98. The van der Waals surface area contributed by atoms with Crippen LogP contribution in [0.2, 0.25) is 0 Å². The van der Waals surface area contributed by atoms with Crippen LogP contribution in [0, 0.1) is 11.6 Å². The highest BCUT2D eigenvalue weighted by atomic mass is 19.2. The van der Waals surface area contributed by atoms with E-state index in [0.29, 0.717) is 38.0 Å². The number of likely N-dealkylation sites (tertiary alicyclic amines) is 1. The zero-order valence-corrected chi connectivity index (χ0v) is 19.6. The van der Waals surface area contributed by atoms with Crippen molar-refractivity contribution < 1.29 is 18.4 Å². The maximum atomic E-state index is 14.4. The summed E-state index contributed by atoms with van der Waals surface area (Å²) in [6, 6.07) is 5.08. The molecule has 2 aliphatic rings. The predicted molar refractivity (Wildman–Crippen MR) is 126 cm³/mol. The summed E-state index contributed by atoms with van der Waals surface area (Å²) < 4.78 is 29.3. The highest BCUT2D eigenvalue weighted by Crippen LogP contribution is 2.31. The van der Waals surface area contributed by atoms with Crippen LogP contribution in [-0.2, 0) is 9.59 Å². The molecule has 1 aromatic carbocycles. The van der Waals surface area contributed by atoms with E-state index in [4.69, 9.17) is 5.73 Å². The Bertz CT molecular complexity index is 1370. The number of nitrogens with zero attached hydrogens (tertiary/aromatic N) is 7. The van der Waals surface area contributed by atoms with E-state index in [-0.39, 0.29) is 29.1 Å². The summed E-state index contributed by atoms with van der Waals surface area (Å²) in [6.07, 6.45) is 5.64. The van der Waals surface area contributed by atoms with Crippen LogP contribution in [0.1, 0.15) is 31.7 Å². The first kappa shape index (κ1) is 23.5. The van der Waals surface area contributed by atoms with Gasteiger partial charge in [0, 0.05) is 32.8 Å². The number of tetrazole rings is 1. The van der Waals surface area contributed by atoms with Gasteiger partial charge in [-0.2, -0.15) is 4.68 Å². The van der Waals surface area contributed by atoms with Crippen molar-refractivity contribution in [3.63, 3.8) is 0 Å². The number of benzene rings is 1. The maximum Gasteiger partial charge on any atom is 0.245 e. The van der Waals surface area contributed by atoms with Crippen LogP contribution in [0.3, 0.4) is 0 Å². The van der Waals surface area contributed by atoms with Crippen molar-refractivity contribution in [1.29, 1.82) is 0 Å². The molecule has 4 heterocycles. The molecular weight excluding hydrogens is 470 g/mol. The smallest absolute Gasteiger partial charge is 0.245 e. The summed E-state index contributed by atoms with van der Waals surface area (Å²) in [5, 5.41) is 11.4. The Balaban J connectivity index is 1.40. The Morgan fingerprint density at radius 1 is 1.19 bits per heavy atom. The molecule has 5 rings (SSSR count). The van der Waals surface area contributed by atoms with E-state index in [1.54, 1.807) is 22.1 Å². The third-order valence-corrected chi connectivity index (χ3v) is 6.62. The molecule has 0 aliphatic carbocycles. The van der Waals surface area contributed by atoms with E-state index in [0.717, 1.165) is 28.3 Å². The SMILES string of the molecule is CC(=O)N1CCCC1C(=O)N1CC=C(c2cnc(N)c(-c3nnnn3-c3cccc(F)c3F)c2)CC1. The van der Waals surface area contributed by atoms with Gasteiger partial charge in [0.25, 0.3) is 0 Å². The van der Waals surface area contributed by atoms with Crippen molar-refractivity contribution >= 4 is 23.2 Å². The van der Waals surface area contributed by atoms with Gasteiger partial charge in [0.2, 0.25) is 11.8 Å². The Labute approximate surface area is 205 Å². The molecule has 1 saturated heterocycles. The molecule has 3 aromatic rings. The average molecular weight is 495 g/mol. The number of pyridine rings is 1. The first-order valence-corrected chi connectivity index (χ1v) is 11.6. The molecule has 1 atom stereocenters. The Morgan fingerprint density at radius 2 is 2.03 bits per heavy atom. The zero-order chi connectivity index (χ0) is 25.4. The van der Waals surface area contributed by atoms with Gasteiger partial charge in [0.1, 0.15) is 17.5 Å². The van der Waals surface area contributed by atoms with Crippen LogP contribution in [0.4, 0.5) is 14.6 Å². The van der Waals surface area contributed by atoms with E-state index in [2.05, 4.69) is 20.5 Å². The number of halogens is 2. The molecular formula is C24H24F2N8O2. The van der Waals surface area contributed by atoms with Crippen LogP contribution in [0.25, 0.3) is 22.6 Å². The van der Waals surface area contributed by atoms with E-state index >= 15 is 0 Å². The number of nitrogen functional groups attached to an aromatic ring is 1. The third-order valence-electron chi connectivity index (χ3n) is 6.62. The zero-order valence-electron chi connectivity index (χ0n) is 19.6. The van der Waals surface area contributed by atoms with Gasteiger partial charge in [-0.15, -0.1) is 5.10 Å². The van der Waals surface area contributed by atoms with Gasteiger partial charge in [-0.25, -0.2) is 13.8 Å². The molecule has 0 bridgehead atoms. The summed E-state index contributed by atoms with van der Waals surface area (Å²) in [5.41, 5.74) is 8.02. The lowest BCUT2D eigenvalue weighted by Gasteiger charge is -2.32. The van der Waals surface area contributed by atoms with Crippen molar-refractivity contribution in [2.75, 3.05) is 25.4 Å². The molecule has 10 nitrogen and oxygen atoms in total. The monoisotopic (exact) mass is 494 g/mol. The largest absolute Gasteiger partial charge is 0.383 e. The molecule has 2 aliphatic heterocycles. The summed E-state index contributed by atoms with van der Waals surface area (Å²) in [6.45, 7) is 3.01. The second-order valence-corrected chi connectivity index (χ2v) is 8.78. The number of nitrogens with two attached hydrogens (primary N) is 1. The topological polar surface area (TPSA) is 123 Å². The Kier molecular flexibility index (Phi) is 6.17. The van der Waals surface area contributed by atoms with Crippen molar-refractivity contribution in [2.24, 2.45) is 0 Å². The molecule has 2 amide bonds. The molecule has 0 spiro atoms. The van der Waals surface area contributed by atoms with E-state index in [1.807, 2.05) is 6.08 Å². The number of anilines is 1. The Morgan fingerprint density at radius 3 is 2.78 bits per heavy atom. The summed E-state index contributed by atoms with van der Waals surface area (Å²) in [4.78, 5) is 32.6. The van der Waals surface area contributed by atoms with Crippen molar-refractivity contribution in [3.8, 4) is 17.1 Å². The third kappa shape index (κ3) is 4.18. The quantitative estimate of drug-likeness (QED) is 0.590. The average Bonchev–Trinajstić information content (AvgIpc) is 3.56. The number of carbonyl (C=O) groups excluding carboxylic acids is 2. The predicted octanol–water partition coefficient (Wildman–Crippen LogP) is 2.21. The van der Waals surface area contributed by atoms with Crippen LogP contribution in [0.5, 0.6) is 0 Å². The normalized spacial score (nSPS) is 17.9. The van der Waals surface area contributed by atoms with Crippen LogP contribution < -0.4 is 5.73 Å². The minimum atomic E-state index is -1.08. The van der Waals surface area contributed by atoms with Crippen LogP contribution >= 0.6 is 0 Å². The number of hydrogen-bond donors (Lipinski definition) is 1. The number of carbonyl (C=O) groups is 2. The number of rotatable bonds is 4. The fourth-order valence-electron chi connectivity index (χ4n) is 4.75. The second kappa shape index (κ2) is 9.44. The molecule has 1 fully saturated rings. The van der Waals surface area contributed by atoms with Gasteiger partial charge < -0.3 is 15.5 Å². The van der Waals surface area contributed by atoms with Crippen molar-refractivity contribution in [1.82, 2.24) is 35.0 Å². The van der Waals surface area contributed by atoms with Gasteiger partial charge in [0.15, 0.2) is 17.5 Å². The molecule has 186 valence electrons. The lowest BCUT2D eigenvalue weighted by Crippen LogP contribution is -2.48. The van der Waals surface area contributed by atoms with Crippen LogP contribution in [0.15, 0.2) is 36.5 Å². The van der Waals surface area contributed by atoms with Gasteiger partial charge in [-0.3, -0.25) is 9.59 Å². The van der Waals surface area contributed by atoms with Gasteiger partial charge in [-0.05, 0) is 59.0 Å². The minimum Gasteiger partial charge on any atom is -0.383 e. The maximum absolute atomic E-state index is 14.4. The highest BCUT2D eigenvalue weighted by molar-refractivity contribution is 5.88. The molecule has 36 heavy (non-hydrogen) atoms. The molecule has 1 unspecified atom stereocenters. The fourth-order valence-corrected chi connectivity index (χ4v) is 4.75. The first-order chi connectivity index (χ1) is 17.3. The molecule has 12 heteroatoms. The van der Waals surface area contributed by atoms with Crippen LogP contribution in [-0.4, -0.2) is 72.5 Å². The number of hydrogen-bond acceptors (Lipinski definition) is 7. The minimum absolute atomic E-state index is 0.0367. The van der Waals surface area contributed by atoms with E-state index < -0.39 is 17.7 Å². The highest BCUT2D eigenvalue weighted by Gasteiger charge is 2.35. The first-order valence-electron chi connectivity index (χ1n) is 11.6.